The van der Waals surface area contributed by atoms with Crippen molar-refractivity contribution in [2.24, 2.45) is 0 Å². The van der Waals surface area contributed by atoms with Crippen LogP contribution < -0.4 is 5.73 Å². The summed E-state index contributed by atoms with van der Waals surface area (Å²) in [6.45, 7) is 0. The molecule has 20 heavy (non-hydrogen) atoms. The van der Waals surface area contributed by atoms with E-state index >= 15 is 0 Å². The lowest BCUT2D eigenvalue weighted by Gasteiger charge is -2.07. The van der Waals surface area contributed by atoms with E-state index in [4.69, 9.17) is 5.73 Å². The molecule has 6 heteroatoms. The van der Waals surface area contributed by atoms with Crippen molar-refractivity contribution in [2.75, 3.05) is 5.73 Å². The predicted molar refractivity (Wildman–Crippen MR) is 65.2 cm³/mol. The zero-order chi connectivity index (χ0) is 14.9. The molecule has 0 saturated heterocycles. The molecule has 2 aromatic carbocycles. The number of carbonyl (C=O) groups is 1. The molecular formula is C14H9F4NO. The fraction of sp³-hybridized carbons (Fsp3) is 0.0714. The number of nitrogens with two attached hydrogens (primary N) is 1. The van der Waals surface area contributed by atoms with Crippen molar-refractivity contribution in [2.45, 2.75) is 6.42 Å². The Labute approximate surface area is 111 Å². The van der Waals surface area contributed by atoms with Gasteiger partial charge in [0.25, 0.3) is 0 Å². The van der Waals surface area contributed by atoms with Crippen molar-refractivity contribution in [1.29, 1.82) is 0 Å². The van der Waals surface area contributed by atoms with Crippen LogP contribution in [0.1, 0.15) is 15.9 Å². The molecule has 0 radical (unpaired) electrons. The smallest absolute Gasteiger partial charge is 0.173 e. The van der Waals surface area contributed by atoms with E-state index in [0.29, 0.717) is 6.07 Å². The third-order valence-corrected chi connectivity index (χ3v) is 2.77. The number of anilines is 1. The van der Waals surface area contributed by atoms with Crippen molar-refractivity contribution in [3.05, 3.63) is 64.7 Å². The van der Waals surface area contributed by atoms with Crippen LogP contribution in [-0.2, 0) is 6.42 Å². The minimum Gasteiger partial charge on any atom is -0.396 e. The molecule has 0 fully saturated rings. The quantitative estimate of drug-likeness (QED) is 0.534. The first kappa shape index (κ1) is 14.0. The maximum absolute atomic E-state index is 13.6. The van der Waals surface area contributed by atoms with Crippen molar-refractivity contribution in [1.82, 2.24) is 0 Å². The Bertz CT molecular complexity index is 685. The standard InChI is InChI=1S/C14H9F4NO/c15-8-2-1-7(10(17)6-8)5-12(20)13-9(16)3-4-11(19)14(13)18/h1-4,6H,5,19H2. The summed E-state index contributed by atoms with van der Waals surface area (Å²) in [6.07, 6.45) is -0.594. The van der Waals surface area contributed by atoms with Crippen LogP contribution in [-0.4, -0.2) is 5.78 Å². The van der Waals surface area contributed by atoms with Gasteiger partial charge in [-0.05, 0) is 23.8 Å². The van der Waals surface area contributed by atoms with E-state index in [1.807, 2.05) is 0 Å². The van der Waals surface area contributed by atoms with Gasteiger partial charge in [0.2, 0.25) is 0 Å². The molecule has 0 aliphatic heterocycles. The Morgan fingerprint density at radius 1 is 1.00 bits per heavy atom. The summed E-state index contributed by atoms with van der Waals surface area (Å²) in [5.74, 6) is -5.00. The Morgan fingerprint density at radius 3 is 2.35 bits per heavy atom. The summed E-state index contributed by atoms with van der Waals surface area (Å²) in [7, 11) is 0. The molecule has 2 rings (SSSR count). The van der Waals surface area contributed by atoms with Crippen LogP contribution in [0.3, 0.4) is 0 Å². The zero-order valence-electron chi connectivity index (χ0n) is 10.1. The molecule has 0 aromatic heterocycles. The predicted octanol–water partition coefficient (Wildman–Crippen LogP) is 3.25. The highest BCUT2D eigenvalue weighted by molar-refractivity contribution is 5.98. The van der Waals surface area contributed by atoms with Gasteiger partial charge in [0.15, 0.2) is 11.6 Å². The molecular weight excluding hydrogens is 274 g/mol. The number of nitrogen functional groups attached to an aromatic ring is 1. The number of rotatable bonds is 3. The maximum Gasteiger partial charge on any atom is 0.173 e. The van der Waals surface area contributed by atoms with E-state index in [0.717, 1.165) is 24.3 Å². The molecule has 0 saturated carbocycles. The first-order valence-electron chi connectivity index (χ1n) is 5.60. The van der Waals surface area contributed by atoms with Gasteiger partial charge in [-0.1, -0.05) is 6.07 Å². The van der Waals surface area contributed by atoms with Crippen LogP contribution in [0.4, 0.5) is 23.2 Å². The van der Waals surface area contributed by atoms with Crippen molar-refractivity contribution in [3.63, 3.8) is 0 Å². The van der Waals surface area contributed by atoms with Crippen molar-refractivity contribution < 1.29 is 22.4 Å². The number of hydrogen-bond donors (Lipinski definition) is 1. The van der Waals surface area contributed by atoms with Crippen molar-refractivity contribution >= 4 is 11.5 Å². The molecule has 2 nitrogen and oxygen atoms in total. The average molecular weight is 283 g/mol. The van der Waals surface area contributed by atoms with Crippen LogP contribution in [0.15, 0.2) is 30.3 Å². The van der Waals surface area contributed by atoms with E-state index in [9.17, 15) is 22.4 Å². The van der Waals surface area contributed by atoms with Crippen LogP contribution in [0.5, 0.6) is 0 Å². The first-order valence-corrected chi connectivity index (χ1v) is 5.60. The van der Waals surface area contributed by atoms with Crippen LogP contribution in [0.25, 0.3) is 0 Å². The van der Waals surface area contributed by atoms with Gasteiger partial charge in [-0.15, -0.1) is 0 Å². The highest BCUT2D eigenvalue weighted by Crippen LogP contribution is 2.21. The number of benzene rings is 2. The molecule has 0 heterocycles. The molecule has 0 spiro atoms. The maximum atomic E-state index is 13.6. The number of Topliss-reactive ketones (excluding diaryl/α,β-unsaturated/α-hetero) is 1. The Kier molecular flexibility index (Phi) is 3.74. The van der Waals surface area contributed by atoms with Gasteiger partial charge in [-0.25, -0.2) is 17.6 Å². The Balaban J connectivity index is 2.36. The third-order valence-electron chi connectivity index (χ3n) is 2.77. The zero-order valence-corrected chi connectivity index (χ0v) is 10.1. The SMILES string of the molecule is Nc1ccc(F)c(C(=O)Cc2ccc(F)cc2F)c1F. The molecule has 0 amide bonds. The van der Waals surface area contributed by atoms with Crippen LogP contribution in [0, 0.1) is 23.3 Å². The first-order chi connectivity index (χ1) is 9.40. The lowest BCUT2D eigenvalue weighted by molar-refractivity contribution is 0.0984. The molecule has 0 atom stereocenters. The molecule has 0 bridgehead atoms. The van der Waals surface area contributed by atoms with E-state index in [1.54, 1.807) is 0 Å². The number of halogens is 4. The Hall–Kier alpha value is -2.37. The highest BCUT2D eigenvalue weighted by Gasteiger charge is 2.20. The largest absolute Gasteiger partial charge is 0.396 e. The van der Waals surface area contributed by atoms with Gasteiger partial charge in [-0.3, -0.25) is 4.79 Å². The summed E-state index contributed by atoms with van der Waals surface area (Å²) in [4.78, 5) is 11.8. The van der Waals surface area contributed by atoms with E-state index < -0.39 is 41.0 Å². The molecule has 0 aliphatic rings. The van der Waals surface area contributed by atoms with Crippen LogP contribution >= 0.6 is 0 Å². The lowest BCUT2D eigenvalue weighted by atomic mass is 10.0. The lowest BCUT2D eigenvalue weighted by Crippen LogP contribution is -2.11. The Morgan fingerprint density at radius 2 is 1.70 bits per heavy atom. The summed E-state index contributed by atoms with van der Waals surface area (Å²) in [5, 5.41) is 0. The van der Waals surface area contributed by atoms with Crippen molar-refractivity contribution in [3.8, 4) is 0 Å². The molecule has 0 unspecified atom stereocenters. The minimum atomic E-state index is -1.18. The summed E-state index contributed by atoms with van der Waals surface area (Å²) < 4.78 is 53.2. The third kappa shape index (κ3) is 2.64. The van der Waals surface area contributed by atoms with E-state index in [1.165, 1.54) is 0 Å². The topological polar surface area (TPSA) is 43.1 Å². The fourth-order valence-corrected chi connectivity index (χ4v) is 1.75. The normalized spacial score (nSPS) is 10.6. The second kappa shape index (κ2) is 5.32. The monoisotopic (exact) mass is 283 g/mol. The number of hydrogen-bond acceptors (Lipinski definition) is 2. The average Bonchev–Trinajstić information content (AvgIpc) is 2.38. The van der Waals surface area contributed by atoms with E-state index in [2.05, 4.69) is 0 Å². The molecule has 104 valence electrons. The summed E-state index contributed by atoms with van der Waals surface area (Å²) in [5.41, 5.74) is 3.89. The minimum absolute atomic E-state index is 0.155. The second-order valence-electron chi connectivity index (χ2n) is 4.16. The summed E-state index contributed by atoms with van der Waals surface area (Å²) >= 11 is 0. The van der Waals surface area contributed by atoms with E-state index in [-0.39, 0.29) is 11.3 Å². The van der Waals surface area contributed by atoms with Gasteiger partial charge in [-0.2, -0.15) is 0 Å². The second-order valence-corrected chi connectivity index (χ2v) is 4.16. The van der Waals surface area contributed by atoms with Gasteiger partial charge < -0.3 is 5.73 Å². The molecule has 2 N–H and O–H groups in total. The highest BCUT2D eigenvalue weighted by atomic mass is 19.1. The molecule has 0 aliphatic carbocycles. The van der Waals surface area contributed by atoms with Gasteiger partial charge in [0, 0.05) is 12.5 Å². The van der Waals surface area contributed by atoms with Gasteiger partial charge in [0.05, 0.1) is 11.3 Å². The number of ketones is 1. The summed E-state index contributed by atoms with van der Waals surface area (Å²) in [6, 6.07) is 4.43. The number of carbonyl (C=O) groups excluding carboxylic acids is 1. The molecule has 2 aromatic rings. The van der Waals surface area contributed by atoms with Gasteiger partial charge >= 0.3 is 0 Å². The van der Waals surface area contributed by atoms with Crippen LogP contribution in [0.2, 0.25) is 0 Å². The van der Waals surface area contributed by atoms with Gasteiger partial charge in [0.1, 0.15) is 17.5 Å². The fourth-order valence-electron chi connectivity index (χ4n) is 1.75.